The molecule has 4 heteroatoms. The minimum absolute atomic E-state index is 0.0536. The molecule has 1 heterocycles. The number of ether oxygens (including phenoxy) is 1. The van der Waals surface area contributed by atoms with Crippen LogP contribution in [0.25, 0.3) is 0 Å². The number of rotatable bonds is 5. The molecule has 1 amide bonds. The van der Waals surface area contributed by atoms with Gasteiger partial charge in [-0.3, -0.25) is 4.79 Å². The maximum atomic E-state index is 12.3. The number of hydrogen-bond acceptors (Lipinski definition) is 3. The van der Waals surface area contributed by atoms with Crippen LogP contribution in [0.2, 0.25) is 0 Å². The number of amides is 1. The quantitative estimate of drug-likeness (QED) is 0.875. The normalized spacial score (nSPS) is 19.1. The molecule has 1 unspecified atom stereocenters. The molecule has 2 rings (SSSR count). The lowest BCUT2D eigenvalue weighted by Gasteiger charge is -2.16. The van der Waals surface area contributed by atoms with E-state index in [0.29, 0.717) is 12.5 Å². The van der Waals surface area contributed by atoms with Gasteiger partial charge in [-0.15, -0.1) is 0 Å². The van der Waals surface area contributed by atoms with E-state index in [2.05, 4.69) is 24.5 Å². The predicted octanol–water partition coefficient (Wildman–Crippen LogP) is 3.19. The van der Waals surface area contributed by atoms with E-state index in [1.165, 1.54) is 6.42 Å². The average molecular weight is 290 g/mol. The van der Waals surface area contributed by atoms with E-state index in [1.54, 1.807) is 0 Å². The Morgan fingerprint density at radius 3 is 3.05 bits per heavy atom. The van der Waals surface area contributed by atoms with Crippen molar-refractivity contribution in [3.05, 3.63) is 24.3 Å². The van der Waals surface area contributed by atoms with Gasteiger partial charge in [-0.2, -0.15) is 0 Å². The fourth-order valence-electron chi connectivity index (χ4n) is 2.41. The van der Waals surface area contributed by atoms with Crippen LogP contribution in [0, 0.1) is 5.92 Å². The van der Waals surface area contributed by atoms with Crippen molar-refractivity contribution in [3.63, 3.8) is 0 Å². The predicted molar refractivity (Wildman–Crippen MR) is 85.7 cm³/mol. The summed E-state index contributed by atoms with van der Waals surface area (Å²) in [5, 5.41) is 6.30. The van der Waals surface area contributed by atoms with Crippen molar-refractivity contribution >= 4 is 11.6 Å². The minimum Gasteiger partial charge on any atom is -0.493 e. The Hall–Kier alpha value is -1.55. The zero-order valence-corrected chi connectivity index (χ0v) is 13.0. The van der Waals surface area contributed by atoms with Gasteiger partial charge in [0.05, 0.1) is 12.6 Å². The molecule has 1 fully saturated rings. The molecule has 1 aliphatic rings. The second-order valence-corrected chi connectivity index (χ2v) is 6.08. The number of anilines is 1. The monoisotopic (exact) mass is 290 g/mol. The molecule has 4 nitrogen and oxygen atoms in total. The first-order valence-electron chi connectivity index (χ1n) is 7.92. The maximum Gasteiger partial charge on any atom is 0.241 e. The van der Waals surface area contributed by atoms with E-state index in [0.717, 1.165) is 37.2 Å². The van der Waals surface area contributed by atoms with Gasteiger partial charge in [-0.1, -0.05) is 32.8 Å². The summed E-state index contributed by atoms with van der Waals surface area (Å²) in [7, 11) is 0. The van der Waals surface area contributed by atoms with Crippen LogP contribution >= 0.6 is 0 Å². The zero-order valence-electron chi connectivity index (χ0n) is 13.0. The maximum absolute atomic E-state index is 12.3. The third-order valence-corrected chi connectivity index (χ3v) is 3.56. The zero-order chi connectivity index (χ0) is 15.1. The van der Waals surface area contributed by atoms with Gasteiger partial charge in [0.1, 0.15) is 5.75 Å². The molecule has 1 atom stereocenters. The van der Waals surface area contributed by atoms with Gasteiger partial charge in [-0.05, 0) is 37.4 Å². The highest BCUT2D eigenvalue weighted by Crippen LogP contribution is 2.19. The SMILES string of the molecule is CC(C)COc1cccc(NC(=O)C2CCCCCN2)c1. The fraction of sp³-hybridized carbons (Fsp3) is 0.588. The number of hydrogen-bond donors (Lipinski definition) is 2. The number of nitrogens with one attached hydrogen (secondary N) is 2. The lowest BCUT2D eigenvalue weighted by Crippen LogP contribution is -2.39. The Bertz CT molecular complexity index is 452. The van der Waals surface area contributed by atoms with Crippen molar-refractivity contribution < 1.29 is 9.53 Å². The van der Waals surface area contributed by atoms with E-state index >= 15 is 0 Å². The summed E-state index contributed by atoms with van der Waals surface area (Å²) in [6.45, 7) is 5.84. The molecule has 2 N–H and O–H groups in total. The Morgan fingerprint density at radius 1 is 1.38 bits per heavy atom. The van der Waals surface area contributed by atoms with Crippen LogP contribution in [0.15, 0.2) is 24.3 Å². The Balaban J connectivity index is 1.92. The van der Waals surface area contributed by atoms with E-state index < -0.39 is 0 Å². The molecule has 0 radical (unpaired) electrons. The lowest BCUT2D eigenvalue weighted by atomic mass is 10.1. The second-order valence-electron chi connectivity index (χ2n) is 6.08. The van der Waals surface area contributed by atoms with Crippen LogP contribution in [0.1, 0.15) is 39.5 Å². The molecule has 0 aliphatic carbocycles. The molecule has 0 aromatic heterocycles. The van der Waals surface area contributed by atoms with Gasteiger partial charge in [0.15, 0.2) is 0 Å². The van der Waals surface area contributed by atoms with Gasteiger partial charge in [0.25, 0.3) is 0 Å². The molecule has 116 valence electrons. The van der Waals surface area contributed by atoms with Crippen molar-refractivity contribution in [1.82, 2.24) is 5.32 Å². The van der Waals surface area contributed by atoms with Crippen molar-refractivity contribution in [3.8, 4) is 5.75 Å². The van der Waals surface area contributed by atoms with Crippen LogP contribution in [0.3, 0.4) is 0 Å². The molecule has 1 aromatic carbocycles. The molecule has 0 bridgehead atoms. The molecule has 1 saturated heterocycles. The summed E-state index contributed by atoms with van der Waals surface area (Å²) in [6.07, 6.45) is 4.38. The summed E-state index contributed by atoms with van der Waals surface area (Å²) in [5.41, 5.74) is 0.798. The Morgan fingerprint density at radius 2 is 2.24 bits per heavy atom. The van der Waals surface area contributed by atoms with Gasteiger partial charge in [0.2, 0.25) is 5.91 Å². The summed E-state index contributed by atoms with van der Waals surface area (Å²) >= 11 is 0. The standard InChI is InChI=1S/C17H26N2O2/c1-13(2)12-21-15-8-6-7-14(11-15)19-17(20)16-9-4-3-5-10-18-16/h6-8,11,13,16,18H,3-5,9-10,12H2,1-2H3,(H,19,20). The van der Waals surface area contributed by atoms with Crippen LogP contribution in [0.4, 0.5) is 5.69 Å². The molecular formula is C17H26N2O2. The van der Waals surface area contributed by atoms with E-state index in [9.17, 15) is 4.79 Å². The van der Waals surface area contributed by atoms with Crippen molar-refractivity contribution in [2.24, 2.45) is 5.92 Å². The van der Waals surface area contributed by atoms with Gasteiger partial charge >= 0.3 is 0 Å². The third-order valence-electron chi connectivity index (χ3n) is 3.56. The molecule has 1 aliphatic heterocycles. The van der Waals surface area contributed by atoms with Gasteiger partial charge in [0, 0.05) is 11.8 Å². The summed E-state index contributed by atoms with van der Waals surface area (Å²) in [6, 6.07) is 7.54. The number of carbonyl (C=O) groups is 1. The number of benzene rings is 1. The Labute approximate surface area is 127 Å². The highest BCUT2D eigenvalue weighted by atomic mass is 16.5. The van der Waals surface area contributed by atoms with E-state index in [4.69, 9.17) is 4.74 Å². The molecule has 0 saturated carbocycles. The fourth-order valence-corrected chi connectivity index (χ4v) is 2.41. The van der Waals surface area contributed by atoms with Crippen molar-refractivity contribution in [2.45, 2.75) is 45.6 Å². The molecule has 0 spiro atoms. The Kier molecular flexibility index (Phi) is 6.05. The van der Waals surface area contributed by atoms with Crippen LogP contribution in [-0.2, 0) is 4.79 Å². The van der Waals surface area contributed by atoms with E-state index in [-0.39, 0.29) is 11.9 Å². The first-order valence-corrected chi connectivity index (χ1v) is 7.92. The van der Waals surface area contributed by atoms with Crippen molar-refractivity contribution in [2.75, 3.05) is 18.5 Å². The third kappa shape index (κ3) is 5.38. The second kappa shape index (κ2) is 8.03. The lowest BCUT2D eigenvalue weighted by molar-refractivity contribution is -0.118. The summed E-state index contributed by atoms with van der Waals surface area (Å²) < 4.78 is 5.69. The number of carbonyl (C=O) groups excluding carboxylic acids is 1. The molecular weight excluding hydrogens is 264 g/mol. The first kappa shape index (κ1) is 15.8. The highest BCUT2D eigenvalue weighted by molar-refractivity contribution is 5.95. The first-order chi connectivity index (χ1) is 10.1. The van der Waals surface area contributed by atoms with Gasteiger partial charge < -0.3 is 15.4 Å². The van der Waals surface area contributed by atoms with Crippen LogP contribution in [-0.4, -0.2) is 25.1 Å². The topological polar surface area (TPSA) is 50.4 Å². The summed E-state index contributed by atoms with van der Waals surface area (Å²) in [4.78, 5) is 12.3. The largest absolute Gasteiger partial charge is 0.493 e. The van der Waals surface area contributed by atoms with Gasteiger partial charge in [-0.25, -0.2) is 0 Å². The molecule has 1 aromatic rings. The minimum atomic E-state index is -0.0762. The highest BCUT2D eigenvalue weighted by Gasteiger charge is 2.19. The van der Waals surface area contributed by atoms with Crippen LogP contribution < -0.4 is 15.4 Å². The smallest absolute Gasteiger partial charge is 0.241 e. The summed E-state index contributed by atoms with van der Waals surface area (Å²) in [5.74, 6) is 1.34. The average Bonchev–Trinajstić information content (AvgIpc) is 2.74. The van der Waals surface area contributed by atoms with E-state index in [1.807, 2.05) is 24.3 Å². The van der Waals surface area contributed by atoms with Crippen molar-refractivity contribution in [1.29, 1.82) is 0 Å². The van der Waals surface area contributed by atoms with Crippen LogP contribution in [0.5, 0.6) is 5.75 Å². The molecule has 21 heavy (non-hydrogen) atoms.